The van der Waals surface area contributed by atoms with Gasteiger partial charge in [0.05, 0.1) is 6.54 Å². The van der Waals surface area contributed by atoms with Gasteiger partial charge in [0.2, 0.25) is 11.8 Å². The molecule has 1 aliphatic rings. The minimum absolute atomic E-state index is 0. The number of amides is 2. The fourth-order valence-corrected chi connectivity index (χ4v) is 2.98. The summed E-state index contributed by atoms with van der Waals surface area (Å²) in [6.45, 7) is 9.78. The van der Waals surface area contributed by atoms with Crippen molar-refractivity contribution in [1.82, 2.24) is 15.1 Å². The Balaban J connectivity index is 0.00000441. The predicted molar refractivity (Wildman–Crippen MR) is 92.2 cm³/mol. The fourth-order valence-electron chi connectivity index (χ4n) is 2.98. The molecule has 1 saturated heterocycles. The van der Waals surface area contributed by atoms with Crippen LogP contribution in [0, 0.1) is 11.8 Å². The van der Waals surface area contributed by atoms with Crippen LogP contribution < -0.4 is 5.32 Å². The number of halogens is 1. The van der Waals surface area contributed by atoms with E-state index in [-0.39, 0.29) is 30.8 Å². The Bertz CT molecular complexity index is 342. The molecule has 0 aliphatic carbocycles. The van der Waals surface area contributed by atoms with E-state index in [0.29, 0.717) is 31.3 Å². The number of piperidine rings is 1. The first kappa shape index (κ1) is 21.2. The fraction of sp³-hybridized carbons (Fsp3) is 0.875. The molecule has 0 spiro atoms. The van der Waals surface area contributed by atoms with Gasteiger partial charge in [-0.25, -0.2) is 0 Å². The highest BCUT2D eigenvalue weighted by Crippen LogP contribution is 2.24. The minimum Gasteiger partial charge on any atom is -0.342 e. The van der Waals surface area contributed by atoms with Gasteiger partial charge in [0.15, 0.2) is 0 Å². The number of hydrogen-bond donors (Lipinski definition) is 1. The number of nitrogens with zero attached hydrogens (tertiary/aromatic N) is 2. The smallest absolute Gasteiger partial charge is 0.242 e. The van der Waals surface area contributed by atoms with Gasteiger partial charge in [-0.2, -0.15) is 0 Å². The number of hydrogen-bond acceptors (Lipinski definition) is 3. The lowest BCUT2D eigenvalue weighted by molar-refractivity contribution is -0.139. The third kappa shape index (κ3) is 6.53. The molecule has 1 aliphatic heterocycles. The van der Waals surface area contributed by atoms with E-state index in [1.807, 2.05) is 13.8 Å². The first-order valence-electron chi connectivity index (χ1n) is 8.22. The normalized spacial score (nSPS) is 16.5. The van der Waals surface area contributed by atoms with Crippen LogP contribution in [-0.2, 0) is 9.59 Å². The molecule has 0 radical (unpaired) electrons. The maximum atomic E-state index is 12.3. The second-order valence-corrected chi connectivity index (χ2v) is 6.08. The SMILES string of the molecule is CCN(CC)C(=O)CN(C)C(=O)CC(C)C1CCNCC1.Cl. The highest BCUT2D eigenvalue weighted by molar-refractivity contribution is 5.85. The summed E-state index contributed by atoms with van der Waals surface area (Å²) in [6.07, 6.45) is 2.85. The lowest BCUT2D eigenvalue weighted by atomic mass is 9.84. The van der Waals surface area contributed by atoms with Crippen LogP contribution in [0.3, 0.4) is 0 Å². The Hall–Kier alpha value is -0.810. The summed E-state index contributed by atoms with van der Waals surface area (Å²) >= 11 is 0. The summed E-state index contributed by atoms with van der Waals surface area (Å²) in [7, 11) is 1.73. The van der Waals surface area contributed by atoms with Crippen molar-refractivity contribution in [3.8, 4) is 0 Å². The molecule has 0 aromatic carbocycles. The van der Waals surface area contributed by atoms with Gasteiger partial charge < -0.3 is 15.1 Å². The van der Waals surface area contributed by atoms with E-state index in [2.05, 4.69) is 12.2 Å². The Morgan fingerprint density at radius 3 is 2.18 bits per heavy atom. The van der Waals surface area contributed by atoms with E-state index in [4.69, 9.17) is 0 Å². The average molecular weight is 334 g/mol. The molecule has 0 bridgehead atoms. The van der Waals surface area contributed by atoms with Crippen molar-refractivity contribution in [3.05, 3.63) is 0 Å². The van der Waals surface area contributed by atoms with Crippen molar-refractivity contribution in [3.63, 3.8) is 0 Å². The second-order valence-electron chi connectivity index (χ2n) is 6.08. The van der Waals surface area contributed by atoms with E-state index < -0.39 is 0 Å². The second kappa shape index (κ2) is 10.8. The van der Waals surface area contributed by atoms with Gasteiger partial charge in [0.25, 0.3) is 0 Å². The van der Waals surface area contributed by atoms with Gasteiger partial charge in [-0.1, -0.05) is 6.92 Å². The van der Waals surface area contributed by atoms with E-state index in [9.17, 15) is 9.59 Å². The molecule has 130 valence electrons. The van der Waals surface area contributed by atoms with Crippen LogP contribution in [0.1, 0.15) is 40.0 Å². The molecule has 1 N–H and O–H groups in total. The molecule has 6 heteroatoms. The Labute approximate surface area is 141 Å². The summed E-state index contributed by atoms with van der Waals surface area (Å²) in [5.74, 6) is 1.14. The van der Waals surface area contributed by atoms with Crippen molar-refractivity contribution in [2.24, 2.45) is 11.8 Å². The van der Waals surface area contributed by atoms with Crippen molar-refractivity contribution < 1.29 is 9.59 Å². The highest BCUT2D eigenvalue weighted by Gasteiger charge is 2.24. The van der Waals surface area contributed by atoms with Crippen LogP contribution in [-0.4, -0.2) is 61.4 Å². The zero-order valence-corrected chi connectivity index (χ0v) is 15.2. The Morgan fingerprint density at radius 1 is 1.14 bits per heavy atom. The molecule has 1 fully saturated rings. The first-order chi connectivity index (χ1) is 9.99. The number of nitrogens with one attached hydrogen (secondary N) is 1. The zero-order chi connectivity index (χ0) is 15.8. The number of carbonyl (C=O) groups is 2. The van der Waals surface area contributed by atoms with Crippen LogP contribution in [0.4, 0.5) is 0 Å². The van der Waals surface area contributed by atoms with Gasteiger partial charge in [0.1, 0.15) is 0 Å². The van der Waals surface area contributed by atoms with Crippen LogP contribution in [0.15, 0.2) is 0 Å². The topological polar surface area (TPSA) is 52.7 Å². The predicted octanol–water partition coefficient (Wildman–Crippen LogP) is 1.76. The molecule has 1 atom stereocenters. The lowest BCUT2D eigenvalue weighted by Crippen LogP contribution is -2.41. The molecule has 0 saturated carbocycles. The number of carbonyl (C=O) groups excluding carboxylic acids is 2. The molecular weight excluding hydrogens is 302 g/mol. The van der Waals surface area contributed by atoms with Crippen LogP contribution in [0.2, 0.25) is 0 Å². The monoisotopic (exact) mass is 333 g/mol. The standard InChI is InChI=1S/C16H31N3O2.ClH/c1-5-19(6-2)16(21)12-18(4)15(20)11-13(3)14-7-9-17-10-8-14;/h13-14,17H,5-12H2,1-4H3;1H. The quantitative estimate of drug-likeness (QED) is 0.772. The Kier molecular flexibility index (Phi) is 10.4. The van der Waals surface area contributed by atoms with E-state index in [1.54, 1.807) is 16.8 Å². The molecule has 1 unspecified atom stereocenters. The molecule has 2 amide bonds. The van der Waals surface area contributed by atoms with E-state index in [1.165, 1.54) is 0 Å². The van der Waals surface area contributed by atoms with Crippen LogP contribution in [0.5, 0.6) is 0 Å². The minimum atomic E-state index is 0. The zero-order valence-electron chi connectivity index (χ0n) is 14.4. The van der Waals surface area contributed by atoms with Gasteiger partial charge in [-0.15, -0.1) is 12.4 Å². The highest BCUT2D eigenvalue weighted by atomic mass is 35.5. The molecule has 1 heterocycles. The van der Waals surface area contributed by atoms with Crippen molar-refractivity contribution in [2.75, 3.05) is 39.8 Å². The summed E-state index contributed by atoms with van der Waals surface area (Å²) in [5.41, 5.74) is 0. The number of rotatable bonds is 7. The van der Waals surface area contributed by atoms with Crippen molar-refractivity contribution >= 4 is 24.2 Å². The average Bonchev–Trinajstić information content (AvgIpc) is 2.49. The summed E-state index contributed by atoms with van der Waals surface area (Å²) in [6, 6.07) is 0. The molecule has 5 nitrogen and oxygen atoms in total. The first-order valence-corrected chi connectivity index (χ1v) is 8.22. The molecule has 0 aromatic heterocycles. The van der Waals surface area contributed by atoms with Crippen LogP contribution >= 0.6 is 12.4 Å². The molecule has 0 aromatic rings. The van der Waals surface area contributed by atoms with Crippen molar-refractivity contribution in [1.29, 1.82) is 0 Å². The van der Waals surface area contributed by atoms with Crippen LogP contribution in [0.25, 0.3) is 0 Å². The largest absolute Gasteiger partial charge is 0.342 e. The summed E-state index contributed by atoms with van der Waals surface area (Å²) in [4.78, 5) is 27.6. The number of likely N-dealkylation sites (N-methyl/N-ethyl adjacent to an activating group) is 2. The Morgan fingerprint density at radius 2 is 1.68 bits per heavy atom. The maximum Gasteiger partial charge on any atom is 0.242 e. The summed E-state index contributed by atoms with van der Waals surface area (Å²) in [5, 5.41) is 3.35. The lowest BCUT2D eigenvalue weighted by Gasteiger charge is -2.29. The van der Waals surface area contributed by atoms with E-state index in [0.717, 1.165) is 25.9 Å². The van der Waals surface area contributed by atoms with Crippen molar-refractivity contribution in [2.45, 2.75) is 40.0 Å². The third-order valence-electron chi connectivity index (χ3n) is 4.60. The van der Waals surface area contributed by atoms with Gasteiger partial charge >= 0.3 is 0 Å². The molecule has 22 heavy (non-hydrogen) atoms. The van der Waals surface area contributed by atoms with Gasteiger partial charge in [-0.05, 0) is 51.6 Å². The van der Waals surface area contributed by atoms with Gasteiger partial charge in [0, 0.05) is 26.6 Å². The maximum absolute atomic E-state index is 12.3. The van der Waals surface area contributed by atoms with E-state index >= 15 is 0 Å². The molecular formula is C16H32ClN3O2. The molecule has 1 rings (SSSR count). The van der Waals surface area contributed by atoms with Gasteiger partial charge in [-0.3, -0.25) is 9.59 Å². The third-order valence-corrected chi connectivity index (χ3v) is 4.60. The summed E-state index contributed by atoms with van der Waals surface area (Å²) < 4.78 is 0.